The third kappa shape index (κ3) is 2.72. The van der Waals surface area contributed by atoms with Crippen molar-refractivity contribution >= 4 is 29.1 Å². The molecule has 1 aromatic carbocycles. The van der Waals surface area contributed by atoms with Crippen LogP contribution in [0.5, 0.6) is 11.5 Å². The second kappa shape index (κ2) is 5.73. The number of anilines is 1. The van der Waals surface area contributed by atoms with E-state index in [0.717, 1.165) is 6.08 Å². The lowest BCUT2D eigenvalue weighted by Crippen LogP contribution is -2.42. The van der Waals surface area contributed by atoms with Crippen molar-refractivity contribution in [2.45, 2.75) is 12.1 Å². The first-order valence-corrected chi connectivity index (χ1v) is 7.32. The zero-order chi connectivity index (χ0) is 16.6. The van der Waals surface area contributed by atoms with Crippen LogP contribution in [-0.2, 0) is 9.59 Å². The molecule has 0 radical (unpaired) electrons. The van der Waals surface area contributed by atoms with E-state index < -0.39 is 17.5 Å². The number of nitrogens with one attached hydrogen (secondary N) is 1. The molecule has 1 saturated heterocycles. The molecule has 2 aliphatic rings. The Labute approximate surface area is 136 Å². The molecule has 0 saturated carbocycles. The number of rotatable bonds is 3. The van der Waals surface area contributed by atoms with E-state index in [0.29, 0.717) is 5.75 Å². The van der Waals surface area contributed by atoms with Crippen LogP contribution >= 0.6 is 11.6 Å². The fourth-order valence-corrected chi connectivity index (χ4v) is 2.76. The molecule has 1 unspecified atom stereocenters. The van der Waals surface area contributed by atoms with E-state index in [4.69, 9.17) is 21.1 Å². The molecule has 1 aromatic rings. The molecule has 6 nitrogen and oxygen atoms in total. The SMILES string of the molecule is C=CC(=O)N1CCC(F)(C(=O)Nc2c(Cl)ccc3c2OCO3)C1. The Bertz CT molecular complexity index is 696. The number of halogens is 2. The predicted octanol–water partition coefficient (Wildman–Crippen LogP) is 2.13. The number of carbonyl (C=O) groups excluding carboxylic acids is 2. The van der Waals surface area contributed by atoms with Crippen LogP contribution in [0.3, 0.4) is 0 Å². The number of carbonyl (C=O) groups is 2. The Morgan fingerprint density at radius 3 is 2.96 bits per heavy atom. The van der Waals surface area contributed by atoms with Gasteiger partial charge in [0.15, 0.2) is 11.5 Å². The molecule has 122 valence electrons. The maximum absolute atomic E-state index is 14.9. The fraction of sp³-hybridized carbons (Fsp3) is 0.333. The van der Waals surface area contributed by atoms with Crippen molar-refractivity contribution in [3.8, 4) is 11.5 Å². The van der Waals surface area contributed by atoms with Crippen LogP contribution < -0.4 is 14.8 Å². The molecule has 23 heavy (non-hydrogen) atoms. The molecular weight excluding hydrogens is 327 g/mol. The lowest BCUT2D eigenvalue weighted by molar-refractivity contribution is -0.129. The van der Waals surface area contributed by atoms with Crippen LogP contribution in [0.15, 0.2) is 24.8 Å². The topological polar surface area (TPSA) is 67.9 Å². The molecule has 0 bridgehead atoms. The van der Waals surface area contributed by atoms with Crippen LogP contribution in [0, 0.1) is 0 Å². The summed E-state index contributed by atoms with van der Waals surface area (Å²) in [6, 6.07) is 3.13. The average Bonchev–Trinajstić information content (AvgIpc) is 3.16. The number of ether oxygens (including phenoxy) is 2. The number of amides is 2. The van der Waals surface area contributed by atoms with Crippen LogP contribution in [-0.4, -0.2) is 42.3 Å². The first-order valence-electron chi connectivity index (χ1n) is 6.94. The molecule has 0 aliphatic carbocycles. The highest BCUT2D eigenvalue weighted by atomic mass is 35.5. The molecule has 1 atom stereocenters. The Hall–Kier alpha value is -2.28. The van der Waals surface area contributed by atoms with E-state index in [-0.39, 0.29) is 42.8 Å². The minimum absolute atomic E-state index is 0.000921. The highest BCUT2D eigenvalue weighted by molar-refractivity contribution is 6.34. The number of alkyl halides is 1. The first-order chi connectivity index (χ1) is 10.9. The summed E-state index contributed by atoms with van der Waals surface area (Å²) in [6.07, 6.45) is 0.998. The van der Waals surface area contributed by atoms with E-state index in [2.05, 4.69) is 11.9 Å². The van der Waals surface area contributed by atoms with E-state index in [1.165, 1.54) is 11.0 Å². The summed E-state index contributed by atoms with van der Waals surface area (Å²) in [5.74, 6) is -0.589. The van der Waals surface area contributed by atoms with E-state index in [9.17, 15) is 14.0 Å². The molecule has 1 N–H and O–H groups in total. The maximum atomic E-state index is 14.9. The minimum Gasteiger partial charge on any atom is -0.454 e. The van der Waals surface area contributed by atoms with Gasteiger partial charge in [0.2, 0.25) is 18.4 Å². The molecule has 3 rings (SSSR count). The van der Waals surface area contributed by atoms with Crippen LogP contribution in [0.4, 0.5) is 10.1 Å². The molecular formula is C15H14ClFN2O4. The summed E-state index contributed by atoms with van der Waals surface area (Å²) in [7, 11) is 0. The van der Waals surface area contributed by atoms with Gasteiger partial charge in [-0.05, 0) is 18.2 Å². The van der Waals surface area contributed by atoms with Crippen LogP contribution in [0.25, 0.3) is 0 Å². The normalized spacial score (nSPS) is 22.1. The van der Waals surface area contributed by atoms with Gasteiger partial charge in [0.1, 0.15) is 5.69 Å². The highest BCUT2D eigenvalue weighted by Gasteiger charge is 2.46. The summed E-state index contributed by atoms with van der Waals surface area (Å²) in [4.78, 5) is 25.1. The van der Waals surface area contributed by atoms with Gasteiger partial charge in [-0.3, -0.25) is 9.59 Å². The van der Waals surface area contributed by atoms with E-state index in [1.807, 2.05) is 0 Å². The van der Waals surface area contributed by atoms with Gasteiger partial charge in [0.05, 0.1) is 11.6 Å². The summed E-state index contributed by atoms with van der Waals surface area (Å²) >= 11 is 6.06. The second-order valence-corrected chi connectivity index (χ2v) is 5.70. The first kappa shape index (κ1) is 15.6. The minimum atomic E-state index is -2.19. The van der Waals surface area contributed by atoms with Gasteiger partial charge < -0.3 is 19.7 Å². The third-order valence-electron chi connectivity index (χ3n) is 3.84. The molecule has 2 heterocycles. The van der Waals surface area contributed by atoms with Crippen molar-refractivity contribution in [1.29, 1.82) is 0 Å². The van der Waals surface area contributed by atoms with Gasteiger partial charge in [-0.2, -0.15) is 0 Å². The number of nitrogens with zero attached hydrogens (tertiary/aromatic N) is 1. The summed E-state index contributed by atoms with van der Waals surface area (Å²) in [5, 5.41) is 2.67. The quantitative estimate of drug-likeness (QED) is 0.856. The molecule has 8 heteroatoms. The van der Waals surface area contributed by atoms with Gasteiger partial charge in [-0.1, -0.05) is 18.2 Å². The number of likely N-dealkylation sites (tertiary alicyclic amines) is 1. The van der Waals surface area contributed by atoms with Crippen molar-refractivity contribution in [2.24, 2.45) is 0 Å². The Morgan fingerprint density at radius 2 is 2.22 bits per heavy atom. The van der Waals surface area contributed by atoms with Gasteiger partial charge in [0, 0.05) is 13.0 Å². The van der Waals surface area contributed by atoms with Crippen LogP contribution in [0.2, 0.25) is 5.02 Å². The Balaban J connectivity index is 1.79. The Kier molecular flexibility index (Phi) is 3.89. The number of hydrogen-bond donors (Lipinski definition) is 1. The summed E-state index contributed by atoms with van der Waals surface area (Å²) in [6.45, 7) is 3.18. The largest absolute Gasteiger partial charge is 0.454 e. The lowest BCUT2D eigenvalue weighted by Gasteiger charge is -2.20. The van der Waals surface area contributed by atoms with E-state index in [1.54, 1.807) is 6.07 Å². The molecule has 0 aromatic heterocycles. The molecule has 0 spiro atoms. The van der Waals surface area contributed by atoms with Crippen molar-refractivity contribution in [3.63, 3.8) is 0 Å². The number of fused-ring (bicyclic) bond motifs is 1. The zero-order valence-corrected chi connectivity index (χ0v) is 12.9. The van der Waals surface area contributed by atoms with Gasteiger partial charge in [0.25, 0.3) is 5.91 Å². The maximum Gasteiger partial charge on any atom is 0.264 e. The van der Waals surface area contributed by atoms with Crippen molar-refractivity contribution < 1.29 is 23.5 Å². The zero-order valence-electron chi connectivity index (χ0n) is 12.1. The number of benzene rings is 1. The lowest BCUT2D eigenvalue weighted by atomic mass is 10.0. The van der Waals surface area contributed by atoms with Gasteiger partial charge in [-0.25, -0.2) is 4.39 Å². The van der Waals surface area contributed by atoms with Crippen molar-refractivity contribution in [3.05, 3.63) is 29.8 Å². The predicted molar refractivity (Wildman–Crippen MR) is 81.4 cm³/mol. The van der Waals surface area contributed by atoms with Gasteiger partial charge >= 0.3 is 0 Å². The smallest absolute Gasteiger partial charge is 0.264 e. The highest BCUT2D eigenvalue weighted by Crippen LogP contribution is 2.44. The van der Waals surface area contributed by atoms with Crippen LogP contribution in [0.1, 0.15) is 6.42 Å². The second-order valence-electron chi connectivity index (χ2n) is 5.29. The third-order valence-corrected chi connectivity index (χ3v) is 4.15. The van der Waals surface area contributed by atoms with Crippen molar-refractivity contribution in [1.82, 2.24) is 4.90 Å². The Morgan fingerprint density at radius 1 is 1.43 bits per heavy atom. The molecule has 2 aliphatic heterocycles. The summed E-state index contributed by atoms with van der Waals surface area (Å²) < 4.78 is 25.3. The van der Waals surface area contributed by atoms with E-state index >= 15 is 0 Å². The average molecular weight is 341 g/mol. The van der Waals surface area contributed by atoms with Crippen molar-refractivity contribution in [2.75, 3.05) is 25.2 Å². The number of hydrogen-bond acceptors (Lipinski definition) is 4. The molecule has 2 amide bonds. The molecule has 1 fully saturated rings. The fourth-order valence-electron chi connectivity index (χ4n) is 2.57. The summed E-state index contributed by atoms with van der Waals surface area (Å²) in [5.41, 5.74) is -2.03. The monoisotopic (exact) mass is 340 g/mol. The van der Waals surface area contributed by atoms with Gasteiger partial charge in [-0.15, -0.1) is 0 Å². The standard InChI is InChI=1S/C15H14ClFN2O4/c1-2-11(20)19-6-5-15(17,7-19)14(21)18-12-9(16)3-4-10-13(12)23-8-22-10/h2-4H,1,5-8H2,(H,18,21).